The van der Waals surface area contributed by atoms with Crippen LogP contribution in [0.4, 0.5) is 5.82 Å². The number of ether oxygens (including phenoxy) is 4. The minimum absolute atomic E-state index is 0.189. The Bertz CT molecular complexity index is 1720. The maximum Gasteiger partial charge on any atom is 0.243 e. The van der Waals surface area contributed by atoms with Crippen LogP contribution >= 0.6 is 11.6 Å². The standard InChI is InChI=1S/C38H41ClN4O4/c1-42(30-19-11-12-20-30)37-32-22-21-31(43(32)41-38(39)40-37)34-36(46-25-29-17-9-4-10-18-29)35(45-24-28-15-7-3-8-16-28)33(47-34)26-44-23-27-13-5-2-6-14-27/h2-10,13-18,21-22,30,33-36H,11-12,19-20,23-26H2,1H3/t33-,34+,35-,36+/m1/s1. The number of benzene rings is 3. The van der Waals surface area contributed by atoms with Gasteiger partial charge in [0.25, 0.3) is 0 Å². The van der Waals surface area contributed by atoms with Crippen molar-refractivity contribution >= 4 is 22.9 Å². The lowest BCUT2D eigenvalue weighted by Gasteiger charge is -2.26. The number of aromatic nitrogens is 3. The summed E-state index contributed by atoms with van der Waals surface area (Å²) >= 11 is 6.60. The van der Waals surface area contributed by atoms with E-state index in [0.717, 1.165) is 46.6 Å². The number of rotatable bonds is 13. The Morgan fingerprint density at radius 3 is 1.96 bits per heavy atom. The molecule has 2 aliphatic rings. The first-order valence-corrected chi connectivity index (χ1v) is 16.9. The summed E-state index contributed by atoms with van der Waals surface area (Å²) in [4.78, 5) is 6.94. The van der Waals surface area contributed by atoms with Crippen LogP contribution in [-0.2, 0) is 38.8 Å². The normalized spacial score (nSPS) is 21.5. The molecule has 8 nitrogen and oxygen atoms in total. The Morgan fingerprint density at radius 2 is 1.34 bits per heavy atom. The zero-order chi connectivity index (χ0) is 32.0. The highest BCUT2D eigenvalue weighted by molar-refractivity contribution is 6.28. The molecule has 4 atom stereocenters. The van der Waals surface area contributed by atoms with E-state index in [1.54, 1.807) is 0 Å². The Kier molecular flexibility index (Phi) is 10.1. The van der Waals surface area contributed by atoms with Gasteiger partial charge in [-0.05, 0) is 53.3 Å². The molecule has 1 aliphatic carbocycles. The van der Waals surface area contributed by atoms with Crippen molar-refractivity contribution in [2.75, 3.05) is 18.6 Å². The summed E-state index contributed by atoms with van der Waals surface area (Å²) in [5.74, 6) is 0.822. The maximum atomic E-state index is 6.88. The Labute approximate surface area is 281 Å². The molecule has 0 bridgehead atoms. The fourth-order valence-corrected chi connectivity index (χ4v) is 6.95. The van der Waals surface area contributed by atoms with Gasteiger partial charge in [0.1, 0.15) is 29.9 Å². The first kappa shape index (κ1) is 31.8. The van der Waals surface area contributed by atoms with E-state index in [1.165, 1.54) is 12.8 Å². The van der Waals surface area contributed by atoms with E-state index in [4.69, 9.17) is 30.5 Å². The van der Waals surface area contributed by atoms with Gasteiger partial charge in [0.2, 0.25) is 5.28 Å². The van der Waals surface area contributed by atoms with E-state index in [1.807, 2.05) is 59.1 Å². The van der Waals surface area contributed by atoms with Crippen LogP contribution in [0.2, 0.25) is 5.28 Å². The lowest BCUT2D eigenvalue weighted by molar-refractivity contribution is -0.0898. The predicted molar refractivity (Wildman–Crippen MR) is 182 cm³/mol. The van der Waals surface area contributed by atoms with Gasteiger partial charge in [-0.15, -0.1) is 5.10 Å². The number of hydrogen-bond donors (Lipinski definition) is 0. The molecule has 0 amide bonds. The molecule has 0 spiro atoms. The topological polar surface area (TPSA) is 70.4 Å². The van der Waals surface area contributed by atoms with Crippen molar-refractivity contribution in [3.8, 4) is 0 Å². The SMILES string of the molecule is CN(c1nc(Cl)nn2c([C@@H]3O[C@H](COCc4ccccc4)[C@@H](OCc4ccccc4)[C@H]3OCc3ccccc3)ccc12)C1CCCC1. The zero-order valence-corrected chi connectivity index (χ0v) is 27.4. The molecular weight excluding hydrogens is 612 g/mol. The number of fused-ring (bicyclic) bond motifs is 1. The molecule has 1 saturated carbocycles. The van der Waals surface area contributed by atoms with Gasteiger partial charge in [0.15, 0.2) is 5.82 Å². The average Bonchev–Trinajstić information content (AvgIpc) is 3.87. The third-order valence-corrected chi connectivity index (χ3v) is 9.43. The van der Waals surface area contributed by atoms with Crippen molar-refractivity contribution in [1.82, 2.24) is 14.6 Å². The van der Waals surface area contributed by atoms with Crippen molar-refractivity contribution in [3.63, 3.8) is 0 Å². The van der Waals surface area contributed by atoms with E-state index < -0.39 is 24.4 Å². The summed E-state index contributed by atoms with van der Waals surface area (Å²) in [5.41, 5.74) is 4.97. The Morgan fingerprint density at radius 1 is 0.766 bits per heavy atom. The van der Waals surface area contributed by atoms with Crippen molar-refractivity contribution in [3.05, 3.63) is 131 Å². The molecular formula is C38H41ClN4O4. The summed E-state index contributed by atoms with van der Waals surface area (Å²) in [5, 5.41) is 4.87. The molecule has 5 aromatic rings. The summed E-state index contributed by atoms with van der Waals surface area (Å²) in [7, 11) is 2.10. The second kappa shape index (κ2) is 15.0. The number of anilines is 1. The third-order valence-electron chi connectivity index (χ3n) is 9.27. The monoisotopic (exact) mass is 652 g/mol. The highest BCUT2D eigenvalue weighted by Crippen LogP contribution is 2.40. The Balaban J connectivity index is 1.22. The van der Waals surface area contributed by atoms with Crippen LogP contribution < -0.4 is 4.90 Å². The lowest BCUT2D eigenvalue weighted by atomic mass is 10.0. The number of nitrogens with zero attached hydrogens (tertiary/aromatic N) is 4. The van der Waals surface area contributed by atoms with Crippen LogP contribution in [0, 0.1) is 0 Å². The van der Waals surface area contributed by atoms with E-state index in [0.29, 0.717) is 32.5 Å². The molecule has 3 aromatic carbocycles. The lowest BCUT2D eigenvalue weighted by Crippen LogP contribution is -2.38. The molecule has 47 heavy (non-hydrogen) atoms. The quantitative estimate of drug-likeness (QED) is 0.130. The van der Waals surface area contributed by atoms with Crippen LogP contribution in [0.25, 0.3) is 5.52 Å². The smallest absolute Gasteiger partial charge is 0.243 e. The van der Waals surface area contributed by atoms with Crippen LogP contribution in [0.3, 0.4) is 0 Å². The molecule has 244 valence electrons. The van der Waals surface area contributed by atoms with Crippen molar-refractivity contribution < 1.29 is 18.9 Å². The van der Waals surface area contributed by atoms with Crippen LogP contribution in [0.5, 0.6) is 0 Å². The largest absolute Gasteiger partial charge is 0.374 e. The van der Waals surface area contributed by atoms with Gasteiger partial charge in [0, 0.05) is 13.1 Å². The molecule has 0 unspecified atom stereocenters. The minimum Gasteiger partial charge on any atom is -0.374 e. The molecule has 0 N–H and O–H groups in total. The van der Waals surface area contributed by atoms with E-state index in [2.05, 4.69) is 70.6 Å². The van der Waals surface area contributed by atoms with Crippen molar-refractivity contribution in [2.45, 2.75) is 76.0 Å². The molecule has 9 heteroatoms. The second-order valence-electron chi connectivity index (χ2n) is 12.4. The van der Waals surface area contributed by atoms with Gasteiger partial charge in [-0.25, -0.2) is 4.52 Å². The fraction of sp³-hybridized carbons (Fsp3) is 0.368. The molecule has 1 saturated heterocycles. The fourth-order valence-electron chi connectivity index (χ4n) is 6.80. The van der Waals surface area contributed by atoms with Gasteiger partial charge < -0.3 is 23.8 Å². The van der Waals surface area contributed by atoms with Crippen molar-refractivity contribution in [1.29, 1.82) is 0 Å². The summed E-state index contributed by atoms with van der Waals surface area (Å²) in [6.45, 7) is 1.63. The van der Waals surface area contributed by atoms with E-state index in [-0.39, 0.29) is 5.28 Å². The van der Waals surface area contributed by atoms with Gasteiger partial charge in [-0.1, -0.05) is 104 Å². The Hall–Kier alpha value is -3.79. The molecule has 0 radical (unpaired) electrons. The van der Waals surface area contributed by atoms with E-state index in [9.17, 15) is 0 Å². The van der Waals surface area contributed by atoms with Gasteiger partial charge in [-0.2, -0.15) is 4.98 Å². The molecule has 2 fully saturated rings. The summed E-state index contributed by atoms with van der Waals surface area (Å²) in [6.07, 6.45) is 2.99. The molecule has 3 heterocycles. The van der Waals surface area contributed by atoms with Gasteiger partial charge in [0.05, 0.1) is 32.1 Å². The summed E-state index contributed by atoms with van der Waals surface area (Å²) in [6, 6.07) is 35.1. The molecule has 7 rings (SSSR count). The van der Waals surface area contributed by atoms with Crippen molar-refractivity contribution in [2.24, 2.45) is 0 Å². The zero-order valence-electron chi connectivity index (χ0n) is 26.7. The molecule has 1 aliphatic heterocycles. The van der Waals surface area contributed by atoms with Gasteiger partial charge >= 0.3 is 0 Å². The highest BCUT2D eigenvalue weighted by atomic mass is 35.5. The van der Waals surface area contributed by atoms with Gasteiger partial charge in [-0.3, -0.25) is 0 Å². The number of hydrogen-bond acceptors (Lipinski definition) is 7. The van der Waals surface area contributed by atoms with Crippen LogP contribution in [0.1, 0.15) is 54.2 Å². The summed E-state index contributed by atoms with van der Waals surface area (Å²) < 4.78 is 28.5. The predicted octanol–water partition coefficient (Wildman–Crippen LogP) is 7.59. The second-order valence-corrected chi connectivity index (χ2v) is 12.8. The van der Waals surface area contributed by atoms with Crippen LogP contribution in [-0.4, -0.2) is 52.6 Å². The molecule has 2 aromatic heterocycles. The number of halogens is 1. The first-order valence-electron chi connectivity index (χ1n) is 16.5. The van der Waals surface area contributed by atoms with Crippen LogP contribution in [0.15, 0.2) is 103 Å². The first-order chi connectivity index (χ1) is 23.1. The van der Waals surface area contributed by atoms with E-state index >= 15 is 0 Å². The maximum absolute atomic E-state index is 6.88. The average molecular weight is 653 g/mol. The third kappa shape index (κ3) is 7.37. The highest BCUT2D eigenvalue weighted by Gasteiger charge is 2.48. The minimum atomic E-state index is -0.497.